The van der Waals surface area contributed by atoms with Crippen LogP contribution in [0.1, 0.15) is 32.6 Å². The van der Waals surface area contributed by atoms with E-state index in [4.69, 9.17) is 0 Å². The summed E-state index contributed by atoms with van der Waals surface area (Å²) in [5.41, 5.74) is 0. The molecular formula is C9H16N2O. The molecule has 2 aliphatic rings. The lowest BCUT2D eigenvalue weighted by Gasteiger charge is -2.23. The number of hydrogen-bond acceptors (Lipinski definition) is 3. The number of aliphatic hydroxyl groups is 1. The molecule has 0 unspecified atom stereocenters. The van der Waals surface area contributed by atoms with E-state index < -0.39 is 6.10 Å². The molecule has 12 heavy (non-hydrogen) atoms. The summed E-state index contributed by atoms with van der Waals surface area (Å²) in [4.78, 5) is 4.47. The minimum atomic E-state index is -0.421. The van der Waals surface area contributed by atoms with Crippen LogP contribution >= 0.6 is 0 Å². The highest BCUT2D eigenvalue weighted by Crippen LogP contribution is 2.24. The lowest BCUT2D eigenvalue weighted by molar-refractivity contribution is 0.257. The second-order valence-corrected chi connectivity index (χ2v) is 3.79. The van der Waals surface area contributed by atoms with E-state index in [-0.39, 0.29) is 0 Å². The number of rotatable bonds is 1. The minimum absolute atomic E-state index is 0.421. The van der Waals surface area contributed by atoms with Crippen molar-refractivity contribution in [3.63, 3.8) is 0 Å². The Kier molecular flexibility index (Phi) is 2.05. The molecule has 0 radical (unpaired) electrons. The monoisotopic (exact) mass is 168 g/mol. The number of hydrogen-bond donors (Lipinski definition) is 2. The van der Waals surface area contributed by atoms with Gasteiger partial charge in [0.2, 0.25) is 0 Å². The van der Waals surface area contributed by atoms with Crippen LogP contribution in [0.2, 0.25) is 0 Å². The molecule has 0 amide bonds. The molecule has 1 heterocycles. The van der Waals surface area contributed by atoms with Crippen LogP contribution in [0, 0.1) is 0 Å². The Hall–Kier alpha value is -0.570. The molecule has 1 aliphatic heterocycles. The van der Waals surface area contributed by atoms with Crippen LogP contribution in [-0.2, 0) is 0 Å². The zero-order valence-electron chi connectivity index (χ0n) is 7.45. The lowest BCUT2D eigenvalue weighted by atomic mass is 9.92. The average Bonchev–Trinajstić information content (AvgIpc) is 2.46. The van der Waals surface area contributed by atoms with Crippen molar-refractivity contribution in [1.29, 1.82) is 0 Å². The molecule has 2 N–H and O–H groups in total. The van der Waals surface area contributed by atoms with Gasteiger partial charge in [-0.3, -0.25) is 4.99 Å². The summed E-state index contributed by atoms with van der Waals surface area (Å²) in [6, 6.07) is 0.965. The molecule has 2 rings (SSSR count). The first-order valence-electron chi connectivity index (χ1n) is 4.79. The Labute approximate surface area is 72.9 Å². The first-order valence-corrected chi connectivity index (χ1v) is 4.79. The highest BCUT2D eigenvalue weighted by molar-refractivity contribution is 5.88. The Morgan fingerprint density at radius 1 is 1.50 bits per heavy atom. The highest BCUT2D eigenvalue weighted by Gasteiger charge is 2.31. The fourth-order valence-electron chi connectivity index (χ4n) is 2.07. The van der Waals surface area contributed by atoms with Gasteiger partial charge in [-0.1, -0.05) is 12.8 Å². The van der Waals surface area contributed by atoms with Crippen molar-refractivity contribution in [2.45, 2.75) is 50.8 Å². The van der Waals surface area contributed by atoms with Crippen molar-refractivity contribution in [2.75, 3.05) is 0 Å². The predicted octanol–water partition coefficient (Wildman–Crippen LogP) is 0.680. The molecule has 0 saturated heterocycles. The molecule has 1 aliphatic carbocycles. The number of amidine groups is 1. The molecule has 0 bridgehead atoms. The van der Waals surface area contributed by atoms with Gasteiger partial charge in [0.15, 0.2) is 0 Å². The van der Waals surface area contributed by atoms with E-state index in [0.717, 1.165) is 5.84 Å². The summed E-state index contributed by atoms with van der Waals surface area (Å²) in [5.74, 6) is 0.798. The molecule has 1 saturated carbocycles. The summed E-state index contributed by atoms with van der Waals surface area (Å²) in [5, 5.41) is 12.6. The Bertz CT molecular complexity index is 201. The third-order valence-electron chi connectivity index (χ3n) is 2.76. The maximum absolute atomic E-state index is 9.31. The summed E-state index contributed by atoms with van der Waals surface area (Å²) in [7, 11) is 0. The van der Waals surface area contributed by atoms with Gasteiger partial charge in [0, 0.05) is 6.04 Å². The zero-order chi connectivity index (χ0) is 8.55. The van der Waals surface area contributed by atoms with E-state index in [1.165, 1.54) is 25.7 Å². The third-order valence-corrected chi connectivity index (χ3v) is 2.76. The van der Waals surface area contributed by atoms with Crippen LogP contribution in [0.5, 0.6) is 0 Å². The van der Waals surface area contributed by atoms with E-state index in [0.29, 0.717) is 12.1 Å². The van der Waals surface area contributed by atoms with Crippen molar-refractivity contribution in [2.24, 2.45) is 4.99 Å². The van der Waals surface area contributed by atoms with Gasteiger partial charge < -0.3 is 10.4 Å². The fraction of sp³-hybridized carbons (Fsp3) is 0.889. The smallest absolute Gasteiger partial charge is 0.126 e. The molecule has 3 heteroatoms. The lowest BCUT2D eigenvalue weighted by Crippen LogP contribution is -2.39. The Morgan fingerprint density at radius 3 is 2.92 bits per heavy atom. The van der Waals surface area contributed by atoms with E-state index in [1.54, 1.807) is 6.92 Å². The SMILES string of the molecule is C[C@H](O)C1=N[C@@H]2CCCC[C@H]2N1. The molecule has 0 aromatic rings. The second-order valence-electron chi connectivity index (χ2n) is 3.79. The van der Waals surface area contributed by atoms with Gasteiger partial charge in [-0.05, 0) is 19.8 Å². The summed E-state index contributed by atoms with van der Waals surface area (Å²) in [6.45, 7) is 1.77. The normalized spacial score (nSPS) is 36.7. The maximum atomic E-state index is 9.31. The van der Waals surface area contributed by atoms with Gasteiger partial charge in [-0.15, -0.1) is 0 Å². The summed E-state index contributed by atoms with van der Waals surface area (Å²) in [6.07, 6.45) is 4.57. The van der Waals surface area contributed by atoms with Gasteiger partial charge in [0.1, 0.15) is 11.9 Å². The standard InChI is InChI=1S/C9H16N2O/c1-6(12)9-10-7-4-2-3-5-8(7)11-9/h6-8,12H,2-5H2,1H3,(H,10,11)/t6-,7+,8+/m0/s1. The topological polar surface area (TPSA) is 44.6 Å². The van der Waals surface area contributed by atoms with Gasteiger partial charge in [0.25, 0.3) is 0 Å². The molecule has 0 aromatic carbocycles. The minimum Gasteiger partial charge on any atom is -0.386 e. The summed E-state index contributed by atoms with van der Waals surface area (Å²) < 4.78 is 0. The van der Waals surface area contributed by atoms with E-state index in [9.17, 15) is 5.11 Å². The van der Waals surface area contributed by atoms with Crippen molar-refractivity contribution < 1.29 is 5.11 Å². The van der Waals surface area contributed by atoms with Gasteiger partial charge in [-0.25, -0.2) is 0 Å². The third kappa shape index (κ3) is 1.33. The molecule has 0 aromatic heterocycles. The Morgan fingerprint density at radius 2 is 2.25 bits per heavy atom. The summed E-state index contributed by atoms with van der Waals surface area (Å²) >= 11 is 0. The largest absolute Gasteiger partial charge is 0.386 e. The highest BCUT2D eigenvalue weighted by atomic mass is 16.3. The van der Waals surface area contributed by atoms with Crippen LogP contribution in [0.4, 0.5) is 0 Å². The first kappa shape index (κ1) is 8.05. The quantitative estimate of drug-likeness (QED) is 0.604. The maximum Gasteiger partial charge on any atom is 0.126 e. The Balaban J connectivity index is 2.04. The van der Waals surface area contributed by atoms with Gasteiger partial charge in [-0.2, -0.15) is 0 Å². The van der Waals surface area contributed by atoms with Crippen LogP contribution in [0.3, 0.4) is 0 Å². The second kappa shape index (κ2) is 3.05. The van der Waals surface area contributed by atoms with Gasteiger partial charge in [0.05, 0.1) is 6.04 Å². The van der Waals surface area contributed by atoms with E-state index in [1.807, 2.05) is 0 Å². The van der Waals surface area contributed by atoms with Crippen LogP contribution in [0.25, 0.3) is 0 Å². The number of nitrogens with one attached hydrogen (secondary N) is 1. The first-order chi connectivity index (χ1) is 5.77. The van der Waals surface area contributed by atoms with E-state index in [2.05, 4.69) is 10.3 Å². The van der Waals surface area contributed by atoms with Crippen molar-refractivity contribution in [1.82, 2.24) is 5.32 Å². The molecule has 0 spiro atoms. The van der Waals surface area contributed by atoms with E-state index >= 15 is 0 Å². The van der Waals surface area contributed by atoms with Crippen molar-refractivity contribution in [3.05, 3.63) is 0 Å². The molecular weight excluding hydrogens is 152 g/mol. The van der Waals surface area contributed by atoms with Crippen LogP contribution < -0.4 is 5.32 Å². The van der Waals surface area contributed by atoms with Crippen LogP contribution in [-0.4, -0.2) is 29.1 Å². The molecule has 3 nitrogen and oxygen atoms in total. The fourth-order valence-corrected chi connectivity index (χ4v) is 2.07. The average molecular weight is 168 g/mol. The molecule has 68 valence electrons. The van der Waals surface area contributed by atoms with Gasteiger partial charge >= 0.3 is 0 Å². The number of aliphatic imine (C=N–C) groups is 1. The zero-order valence-corrected chi connectivity index (χ0v) is 7.45. The van der Waals surface area contributed by atoms with Crippen LogP contribution in [0.15, 0.2) is 4.99 Å². The molecule has 1 fully saturated rings. The molecule has 3 atom stereocenters. The number of fused-ring (bicyclic) bond motifs is 1. The predicted molar refractivity (Wildman–Crippen MR) is 48.3 cm³/mol. The number of aliphatic hydroxyl groups excluding tert-OH is 1. The number of nitrogens with zero attached hydrogens (tertiary/aromatic N) is 1. The van der Waals surface area contributed by atoms with Crippen molar-refractivity contribution in [3.8, 4) is 0 Å². The van der Waals surface area contributed by atoms with Crippen molar-refractivity contribution >= 4 is 5.84 Å².